The molecule has 0 unspecified atom stereocenters. The van der Waals surface area contributed by atoms with Gasteiger partial charge in [-0.1, -0.05) is 48.5 Å². The molecule has 0 spiro atoms. The number of nitrogens with zero attached hydrogens (tertiary/aromatic N) is 7. The van der Waals surface area contributed by atoms with E-state index < -0.39 is 0 Å². The Morgan fingerprint density at radius 2 is 1.05 bits per heavy atom. The van der Waals surface area contributed by atoms with Gasteiger partial charge >= 0.3 is 0 Å². The lowest BCUT2D eigenvalue weighted by atomic mass is 10.0. The highest BCUT2D eigenvalue weighted by molar-refractivity contribution is 6.12. The molecule has 38 heavy (non-hydrogen) atoms. The van der Waals surface area contributed by atoms with Crippen molar-refractivity contribution in [2.75, 3.05) is 0 Å². The van der Waals surface area contributed by atoms with Crippen LogP contribution in [0.3, 0.4) is 0 Å². The van der Waals surface area contributed by atoms with Gasteiger partial charge in [0, 0.05) is 33.9 Å². The molecule has 7 nitrogen and oxygen atoms in total. The van der Waals surface area contributed by atoms with Gasteiger partial charge in [0.2, 0.25) is 5.95 Å². The maximum absolute atomic E-state index is 4.58. The third-order valence-electron chi connectivity index (χ3n) is 7.14. The van der Waals surface area contributed by atoms with Gasteiger partial charge in [-0.25, -0.2) is 19.9 Å². The molecule has 0 saturated heterocycles. The zero-order valence-electron chi connectivity index (χ0n) is 20.1. The molecule has 178 valence electrons. The van der Waals surface area contributed by atoms with E-state index in [9.17, 15) is 0 Å². The minimum atomic E-state index is 0.609. The predicted molar refractivity (Wildman–Crippen MR) is 150 cm³/mol. The van der Waals surface area contributed by atoms with Crippen molar-refractivity contribution in [3.05, 3.63) is 116 Å². The number of aromatic nitrogens is 7. The standard InChI is InChI=1S/C31H19N7/c1-3-7-26-22(5-1)24-15-20(9-11-28(24)37(26)30-17-32-13-14-34-30)21-10-12-29-25(16-21)23-6-2-4-8-27(23)38(29)31-35-18-33-19-36-31/h1-19H. The second-order valence-electron chi connectivity index (χ2n) is 9.17. The molecule has 8 aromatic rings. The first-order chi connectivity index (χ1) is 18.9. The normalized spacial score (nSPS) is 11.7. The molecule has 0 amide bonds. The van der Waals surface area contributed by atoms with Crippen LogP contribution in [0.4, 0.5) is 0 Å². The molecule has 0 N–H and O–H groups in total. The largest absolute Gasteiger partial charge is 0.293 e. The van der Waals surface area contributed by atoms with Gasteiger partial charge in [-0.2, -0.15) is 0 Å². The lowest BCUT2D eigenvalue weighted by Gasteiger charge is -2.07. The fraction of sp³-hybridized carbons (Fsp3) is 0. The molecule has 0 aliphatic heterocycles. The van der Waals surface area contributed by atoms with E-state index in [1.165, 1.54) is 23.4 Å². The third-order valence-corrected chi connectivity index (χ3v) is 7.14. The quantitative estimate of drug-likeness (QED) is 0.282. The Balaban J connectivity index is 1.36. The first-order valence-electron chi connectivity index (χ1n) is 12.3. The summed E-state index contributed by atoms with van der Waals surface area (Å²) in [6.45, 7) is 0. The van der Waals surface area contributed by atoms with Gasteiger partial charge in [0.25, 0.3) is 0 Å². The van der Waals surface area contributed by atoms with E-state index in [0.717, 1.165) is 49.8 Å². The van der Waals surface area contributed by atoms with E-state index in [-0.39, 0.29) is 0 Å². The lowest BCUT2D eigenvalue weighted by Crippen LogP contribution is -2.00. The van der Waals surface area contributed by atoms with E-state index in [4.69, 9.17) is 0 Å². The van der Waals surface area contributed by atoms with Crippen molar-refractivity contribution in [2.45, 2.75) is 0 Å². The molecule has 4 heterocycles. The predicted octanol–water partition coefficient (Wildman–Crippen LogP) is 6.52. The van der Waals surface area contributed by atoms with Gasteiger partial charge in [-0.15, -0.1) is 0 Å². The molecular formula is C31H19N7. The first kappa shape index (κ1) is 20.7. The molecule has 0 radical (unpaired) electrons. The topological polar surface area (TPSA) is 74.3 Å². The van der Waals surface area contributed by atoms with E-state index >= 15 is 0 Å². The molecule has 0 aliphatic rings. The minimum absolute atomic E-state index is 0.609. The van der Waals surface area contributed by atoms with Crippen molar-refractivity contribution in [3.63, 3.8) is 0 Å². The molecule has 0 aliphatic carbocycles. The van der Waals surface area contributed by atoms with Crippen LogP contribution >= 0.6 is 0 Å². The zero-order valence-corrected chi connectivity index (χ0v) is 20.1. The van der Waals surface area contributed by atoms with Crippen LogP contribution in [0, 0.1) is 0 Å². The Morgan fingerprint density at radius 3 is 1.68 bits per heavy atom. The maximum atomic E-state index is 4.58. The van der Waals surface area contributed by atoms with Crippen molar-refractivity contribution in [2.24, 2.45) is 0 Å². The van der Waals surface area contributed by atoms with Crippen molar-refractivity contribution in [3.8, 4) is 22.9 Å². The van der Waals surface area contributed by atoms with E-state index in [1.54, 1.807) is 18.6 Å². The molecule has 0 saturated carbocycles. The average Bonchev–Trinajstić information content (AvgIpc) is 3.50. The maximum Gasteiger partial charge on any atom is 0.237 e. The minimum Gasteiger partial charge on any atom is -0.293 e. The number of hydrogen-bond donors (Lipinski definition) is 0. The van der Waals surface area contributed by atoms with Crippen LogP contribution in [0.2, 0.25) is 0 Å². The summed E-state index contributed by atoms with van der Waals surface area (Å²) in [4.78, 5) is 21.7. The van der Waals surface area contributed by atoms with Crippen LogP contribution in [0.5, 0.6) is 0 Å². The zero-order chi connectivity index (χ0) is 25.1. The molecule has 8 rings (SSSR count). The highest BCUT2D eigenvalue weighted by Gasteiger charge is 2.16. The Hall–Kier alpha value is -5.43. The molecule has 4 aromatic carbocycles. The molecule has 4 aromatic heterocycles. The summed E-state index contributed by atoms with van der Waals surface area (Å²) < 4.78 is 4.26. The number of rotatable bonds is 3. The average molecular weight is 490 g/mol. The monoisotopic (exact) mass is 489 g/mol. The summed E-state index contributed by atoms with van der Waals surface area (Å²) >= 11 is 0. The van der Waals surface area contributed by atoms with Crippen LogP contribution in [-0.4, -0.2) is 34.1 Å². The molecule has 0 bridgehead atoms. The van der Waals surface area contributed by atoms with Gasteiger partial charge in [0.05, 0.1) is 28.3 Å². The number of para-hydroxylation sites is 2. The number of hydrogen-bond acceptors (Lipinski definition) is 5. The highest BCUT2D eigenvalue weighted by atomic mass is 15.2. The Morgan fingerprint density at radius 1 is 0.474 bits per heavy atom. The second kappa shape index (κ2) is 8.04. The van der Waals surface area contributed by atoms with Crippen LogP contribution in [0.25, 0.3) is 66.5 Å². The summed E-state index contributed by atoms with van der Waals surface area (Å²) in [5.41, 5.74) is 6.63. The lowest BCUT2D eigenvalue weighted by molar-refractivity contribution is 0.939. The van der Waals surface area contributed by atoms with Crippen molar-refractivity contribution < 1.29 is 0 Å². The fourth-order valence-electron chi connectivity index (χ4n) is 5.52. The van der Waals surface area contributed by atoms with E-state index in [1.807, 2.05) is 6.07 Å². The fourth-order valence-corrected chi connectivity index (χ4v) is 5.52. The Bertz CT molecular complexity index is 1970. The van der Waals surface area contributed by atoms with Gasteiger partial charge in [0.15, 0.2) is 5.82 Å². The van der Waals surface area contributed by atoms with Gasteiger partial charge in [-0.3, -0.25) is 14.1 Å². The molecular weight excluding hydrogens is 470 g/mol. The number of fused-ring (bicyclic) bond motifs is 6. The molecule has 7 heteroatoms. The van der Waals surface area contributed by atoms with E-state index in [2.05, 4.69) is 113 Å². The van der Waals surface area contributed by atoms with Gasteiger partial charge < -0.3 is 0 Å². The van der Waals surface area contributed by atoms with Crippen LogP contribution in [-0.2, 0) is 0 Å². The van der Waals surface area contributed by atoms with Crippen LogP contribution < -0.4 is 0 Å². The van der Waals surface area contributed by atoms with E-state index in [0.29, 0.717) is 5.95 Å². The molecule has 0 fully saturated rings. The Kier molecular flexibility index (Phi) is 4.39. The second-order valence-corrected chi connectivity index (χ2v) is 9.17. The summed E-state index contributed by atoms with van der Waals surface area (Å²) in [6, 6.07) is 30.0. The smallest absolute Gasteiger partial charge is 0.237 e. The van der Waals surface area contributed by atoms with Crippen molar-refractivity contribution >= 4 is 43.6 Å². The third kappa shape index (κ3) is 2.99. The highest BCUT2D eigenvalue weighted by Crippen LogP contribution is 2.37. The van der Waals surface area contributed by atoms with Crippen molar-refractivity contribution in [1.82, 2.24) is 34.1 Å². The summed E-state index contributed by atoms with van der Waals surface area (Å²) in [5, 5.41) is 4.67. The van der Waals surface area contributed by atoms with Gasteiger partial charge in [0.1, 0.15) is 12.7 Å². The van der Waals surface area contributed by atoms with Gasteiger partial charge in [-0.05, 0) is 47.5 Å². The van der Waals surface area contributed by atoms with Crippen LogP contribution in [0.1, 0.15) is 0 Å². The number of benzene rings is 4. The Labute approximate surface area is 216 Å². The summed E-state index contributed by atoms with van der Waals surface area (Å²) in [6.07, 6.45) is 8.29. The first-order valence-corrected chi connectivity index (χ1v) is 12.3. The summed E-state index contributed by atoms with van der Waals surface area (Å²) in [5.74, 6) is 1.41. The molecule has 0 atom stereocenters. The SMILES string of the molecule is c1ccc2c(c1)c1cc(-c3ccc4c(c3)c3ccccc3n4-c3ncncn3)ccc1n2-c1cnccn1. The van der Waals surface area contributed by atoms with Crippen LogP contribution in [0.15, 0.2) is 116 Å². The van der Waals surface area contributed by atoms with Crippen molar-refractivity contribution in [1.29, 1.82) is 0 Å². The summed E-state index contributed by atoms with van der Waals surface area (Å²) in [7, 11) is 0.